The summed E-state index contributed by atoms with van der Waals surface area (Å²) in [6.07, 6.45) is 0. The minimum Gasteiger partial charge on any atom is -0.399 e. The van der Waals surface area contributed by atoms with Gasteiger partial charge in [0.15, 0.2) is 0 Å². The number of anilines is 1. The molecule has 1 aromatic heterocycles. The molecule has 0 amide bonds. The lowest BCUT2D eigenvalue weighted by atomic mass is 9.95. The summed E-state index contributed by atoms with van der Waals surface area (Å²) in [6, 6.07) is 7.72. The van der Waals surface area contributed by atoms with Crippen LogP contribution in [0.5, 0.6) is 0 Å². The Morgan fingerprint density at radius 1 is 1.21 bits per heavy atom. The van der Waals surface area contributed by atoms with E-state index in [-0.39, 0.29) is 16.8 Å². The summed E-state index contributed by atoms with van der Waals surface area (Å²) in [4.78, 5) is 13.9. The van der Waals surface area contributed by atoms with Crippen LogP contribution in [-0.4, -0.2) is 5.78 Å². The molecule has 0 saturated carbocycles. The molecular formula is C15H16FNOS. The molecule has 0 saturated heterocycles. The topological polar surface area (TPSA) is 43.1 Å². The van der Waals surface area contributed by atoms with Crippen molar-refractivity contribution in [2.75, 3.05) is 5.73 Å². The number of halogens is 1. The lowest BCUT2D eigenvalue weighted by molar-refractivity contribution is 0.103. The van der Waals surface area contributed by atoms with E-state index in [9.17, 15) is 9.18 Å². The normalized spacial score (nSPS) is 11.6. The van der Waals surface area contributed by atoms with E-state index >= 15 is 0 Å². The number of carbonyl (C=O) groups is 1. The van der Waals surface area contributed by atoms with Gasteiger partial charge in [-0.3, -0.25) is 4.79 Å². The van der Waals surface area contributed by atoms with Crippen molar-refractivity contribution in [3.63, 3.8) is 0 Å². The first kappa shape index (κ1) is 13.7. The molecule has 1 heterocycles. The number of benzene rings is 1. The van der Waals surface area contributed by atoms with Crippen LogP contribution in [-0.2, 0) is 5.41 Å². The zero-order chi connectivity index (χ0) is 14.2. The summed E-state index contributed by atoms with van der Waals surface area (Å²) in [5, 5.41) is 0. The van der Waals surface area contributed by atoms with E-state index in [1.54, 1.807) is 6.07 Å². The van der Waals surface area contributed by atoms with Gasteiger partial charge in [-0.25, -0.2) is 4.39 Å². The van der Waals surface area contributed by atoms with E-state index < -0.39 is 5.82 Å². The quantitative estimate of drug-likeness (QED) is 0.666. The molecule has 4 heteroatoms. The first-order valence-electron chi connectivity index (χ1n) is 5.99. The van der Waals surface area contributed by atoms with Crippen LogP contribution in [0.15, 0.2) is 30.3 Å². The molecule has 0 radical (unpaired) electrons. The molecule has 0 aliphatic heterocycles. The van der Waals surface area contributed by atoms with Gasteiger partial charge in [0, 0.05) is 10.6 Å². The van der Waals surface area contributed by atoms with Gasteiger partial charge in [-0.1, -0.05) is 20.8 Å². The summed E-state index contributed by atoms with van der Waals surface area (Å²) in [6.45, 7) is 6.23. The maximum atomic E-state index is 13.7. The molecule has 0 aliphatic rings. The van der Waals surface area contributed by atoms with Crippen LogP contribution in [0.3, 0.4) is 0 Å². The van der Waals surface area contributed by atoms with E-state index in [2.05, 4.69) is 20.8 Å². The highest BCUT2D eigenvalue weighted by atomic mass is 32.1. The van der Waals surface area contributed by atoms with Crippen molar-refractivity contribution in [1.29, 1.82) is 0 Å². The largest absolute Gasteiger partial charge is 0.399 e. The van der Waals surface area contributed by atoms with Crippen molar-refractivity contribution in [2.24, 2.45) is 0 Å². The van der Waals surface area contributed by atoms with Crippen LogP contribution in [0.4, 0.5) is 10.1 Å². The van der Waals surface area contributed by atoms with E-state index in [1.165, 1.54) is 29.5 Å². The van der Waals surface area contributed by atoms with Gasteiger partial charge in [-0.2, -0.15) is 0 Å². The van der Waals surface area contributed by atoms with Crippen LogP contribution in [0.2, 0.25) is 0 Å². The van der Waals surface area contributed by atoms with Gasteiger partial charge in [0.1, 0.15) is 5.82 Å². The average molecular weight is 277 g/mol. The Labute approximate surface area is 116 Å². The van der Waals surface area contributed by atoms with Crippen molar-refractivity contribution in [1.82, 2.24) is 0 Å². The fourth-order valence-electron chi connectivity index (χ4n) is 1.71. The summed E-state index contributed by atoms with van der Waals surface area (Å²) >= 11 is 1.40. The predicted molar refractivity (Wildman–Crippen MR) is 77.3 cm³/mol. The third-order valence-electron chi connectivity index (χ3n) is 2.80. The van der Waals surface area contributed by atoms with Crippen molar-refractivity contribution in [2.45, 2.75) is 26.2 Å². The van der Waals surface area contributed by atoms with Gasteiger partial charge in [0.2, 0.25) is 5.78 Å². The number of rotatable bonds is 2. The molecule has 2 rings (SSSR count). The first-order valence-corrected chi connectivity index (χ1v) is 6.81. The fourth-order valence-corrected chi connectivity index (χ4v) is 2.73. The lowest BCUT2D eigenvalue weighted by Crippen LogP contribution is -2.08. The molecule has 0 unspecified atom stereocenters. The molecule has 0 bridgehead atoms. The average Bonchev–Trinajstić information content (AvgIpc) is 2.80. The Morgan fingerprint density at radius 3 is 2.47 bits per heavy atom. The number of hydrogen-bond donors (Lipinski definition) is 1. The van der Waals surface area contributed by atoms with Crippen molar-refractivity contribution in [3.8, 4) is 0 Å². The highest BCUT2D eigenvalue weighted by Gasteiger charge is 2.21. The van der Waals surface area contributed by atoms with Crippen LogP contribution < -0.4 is 5.73 Å². The molecule has 100 valence electrons. The van der Waals surface area contributed by atoms with E-state index in [4.69, 9.17) is 5.73 Å². The molecule has 1 aromatic carbocycles. The summed E-state index contributed by atoms with van der Waals surface area (Å²) in [5.74, 6) is -0.852. The smallest absolute Gasteiger partial charge is 0.205 e. The first-order chi connectivity index (χ1) is 8.79. The third kappa shape index (κ3) is 2.84. The Hall–Kier alpha value is -1.68. The highest BCUT2D eigenvalue weighted by Crippen LogP contribution is 2.31. The Balaban J connectivity index is 2.39. The van der Waals surface area contributed by atoms with Gasteiger partial charge in [-0.15, -0.1) is 11.3 Å². The number of carbonyl (C=O) groups excluding carboxylic acids is 1. The van der Waals surface area contributed by atoms with Crippen LogP contribution in [0.25, 0.3) is 0 Å². The van der Waals surface area contributed by atoms with Gasteiger partial charge >= 0.3 is 0 Å². The predicted octanol–water partition coefficient (Wildman–Crippen LogP) is 4.00. The van der Waals surface area contributed by atoms with Crippen molar-refractivity contribution < 1.29 is 9.18 Å². The maximum absolute atomic E-state index is 13.7. The van der Waals surface area contributed by atoms with Gasteiger partial charge in [0.05, 0.1) is 10.4 Å². The SMILES string of the molecule is CC(C)(C)c1ccc(C(=O)c2cc(N)ccc2F)s1. The van der Waals surface area contributed by atoms with E-state index in [1.807, 2.05) is 6.07 Å². The van der Waals surface area contributed by atoms with Gasteiger partial charge < -0.3 is 5.73 Å². The van der Waals surface area contributed by atoms with Crippen molar-refractivity contribution in [3.05, 3.63) is 51.5 Å². The minimum atomic E-state index is -0.537. The second-order valence-corrected chi connectivity index (χ2v) is 6.57. The number of thiophene rings is 1. The number of nitrogens with two attached hydrogens (primary N) is 1. The molecule has 0 fully saturated rings. The molecule has 0 atom stereocenters. The highest BCUT2D eigenvalue weighted by molar-refractivity contribution is 7.14. The van der Waals surface area contributed by atoms with Gasteiger partial charge in [0.25, 0.3) is 0 Å². The van der Waals surface area contributed by atoms with E-state index in [0.717, 1.165) is 4.88 Å². The summed E-state index contributed by atoms with van der Waals surface area (Å²) < 4.78 is 13.7. The third-order valence-corrected chi connectivity index (χ3v) is 4.31. The van der Waals surface area contributed by atoms with Crippen molar-refractivity contribution >= 4 is 22.8 Å². The molecule has 2 N–H and O–H groups in total. The Kier molecular flexibility index (Phi) is 3.45. The minimum absolute atomic E-state index is 0.0164. The maximum Gasteiger partial charge on any atom is 0.205 e. The second-order valence-electron chi connectivity index (χ2n) is 5.48. The molecule has 19 heavy (non-hydrogen) atoms. The molecule has 2 aromatic rings. The van der Waals surface area contributed by atoms with Crippen LogP contribution in [0, 0.1) is 5.82 Å². The second kappa shape index (κ2) is 4.78. The molecule has 2 nitrogen and oxygen atoms in total. The zero-order valence-electron chi connectivity index (χ0n) is 11.2. The Bertz CT molecular complexity index is 625. The summed E-state index contributed by atoms with van der Waals surface area (Å²) in [7, 11) is 0. The monoisotopic (exact) mass is 277 g/mol. The lowest BCUT2D eigenvalue weighted by Gasteiger charge is -2.15. The van der Waals surface area contributed by atoms with E-state index in [0.29, 0.717) is 10.6 Å². The Morgan fingerprint density at radius 2 is 1.89 bits per heavy atom. The summed E-state index contributed by atoms with van der Waals surface area (Å²) in [5.41, 5.74) is 6.00. The molecule has 0 spiro atoms. The zero-order valence-corrected chi connectivity index (χ0v) is 12.0. The number of nitrogen functional groups attached to an aromatic ring is 1. The van der Waals surface area contributed by atoms with Crippen LogP contribution in [0.1, 0.15) is 40.9 Å². The van der Waals surface area contributed by atoms with Crippen LogP contribution >= 0.6 is 11.3 Å². The number of hydrogen-bond acceptors (Lipinski definition) is 3. The fraction of sp³-hybridized carbons (Fsp3) is 0.267. The number of ketones is 1. The standard InChI is InChI=1S/C15H16FNOS/c1-15(2,3)13-7-6-12(19-13)14(18)10-8-9(17)4-5-11(10)16/h4-8H,17H2,1-3H3. The van der Waals surface area contributed by atoms with Gasteiger partial charge in [-0.05, 0) is 35.7 Å². The molecule has 0 aliphatic carbocycles. The molecular weight excluding hydrogens is 261 g/mol.